The Morgan fingerprint density at radius 2 is 1.85 bits per heavy atom. The van der Waals surface area contributed by atoms with Crippen LogP contribution in [-0.2, 0) is 6.54 Å². The number of hydrogen-bond acceptors (Lipinski definition) is 4. The summed E-state index contributed by atoms with van der Waals surface area (Å²) in [6.45, 7) is 4.06. The van der Waals surface area contributed by atoms with Crippen molar-refractivity contribution >= 4 is 0 Å². The summed E-state index contributed by atoms with van der Waals surface area (Å²) in [6.07, 6.45) is 6.22. The van der Waals surface area contributed by atoms with Gasteiger partial charge in [0.15, 0.2) is 11.5 Å². The minimum absolute atomic E-state index is 0.300. The molecule has 1 aromatic carbocycles. The van der Waals surface area contributed by atoms with Crippen molar-refractivity contribution in [2.45, 2.75) is 45.6 Å². The van der Waals surface area contributed by atoms with Crippen molar-refractivity contribution in [3.63, 3.8) is 0 Å². The van der Waals surface area contributed by atoms with E-state index in [9.17, 15) is 0 Å². The van der Waals surface area contributed by atoms with Gasteiger partial charge < -0.3 is 19.5 Å². The predicted octanol–water partition coefficient (Wildman–Crippen LogP) is 3.48. The summed E-state index contributed by atoms with van der Waals surface area (Å²) in [5.74, 6) is 2.50. The number of nitrogens with one attached hydrogen (secondary N) is 1. The van der Waals surface area contributed by atoms with E-state index in [-0.39, 0.29) is 0 Å². The molecule has 0 aromatic heterocycles. The lowest BCUT2D eigenvalue weighted by Gasteiger charge is -2.12. The summed E-state index contributed by atoms with van der Waals surface area (Å²) in [7, 11) is 1.93. The Morgan fingerprint density at radius 1 is 1.10 bits per heavy atom. The van der Waals surface area contributed by atoms with Crippen LogP contribution in [0.15, 0.2) is 12.1 Å². The molecule has 4 heteroatoms. The zero-order valence-corrected chi connectivity index (χ0v) is 12.5. The van der Waals surface area contributed by atoms with Crippen LogP contribution in [0.1, 0.15) is 44.6 Å². The molecule has 0 atom stereocenters. The highest BCUT2D eigenvalue weighted by atomic mass is 16.7. The van der Waals surface area contributed by atoms with Gasteiger partial charge in [-0.05, 0) is 19.5 Å². The second-order valence-electron chi connectivity index (χ2n) is 5.11. The highest BCUT2D eigenvalue weighted by Gasteiger charge is 2.17. The van der Waals surface area contributed by atoms with E-state index >= 15 is 0 Å². The lowest BCUT2D eigenvalue weighted by atomic mass is 10.1. The standard InChI is InChI=1S/C16H25NO3/c1-3-4-5-6-7-8-18-14-10-16-15(19-12-20-16)9-13(14)11-17-2/h9-10,17H,3-8,11-12H2,1-2H3. The molecule has 112 valence electrons. The van der Waals surface area contributed by atoms with Gasteiger partial charge in [-0.15, -0.1) is 0 Å². The van der Waals surface area contributed by atoms with E-state index in [2.05, 4.69) is 12.2 Å². The highest BCUT2D eigenvalue weighted by molar-refractivity contribution is 5.51. The van der Waals surface area contributed by atoms with E-state index in [1.54, 1.807) is 0 Å². The molecule has 0 radical (unpaired) electrons. The Bertz CT molecular complexity index is 420. The summed E-state index contributed by atoms with van der Waals surface area (Å²) in [4.78, 5) is 0. The molecule has 20 heavy (non-hydrogen) atoms. The Kier molecular flexibility index (Phi) is 5.99. The van der Waals surface area contributed by atoms with Gasteiger partial charge in [0.05, 0.1) is 6.61 Å². The molecule has 0 saturated carbocycles. The number of unbranched alkanes of at least 4 members (excludes halogenated alkanes) is 4. The van der Waals surface area contributed by atoms with Crippen LogP contribution in [0.5, 0.6) is 17.2 Å². The third-order valence-electron chi connectivity index (χ3n) is 3.43. The first-order valence-electron chi connectivity index (χ1n) is 7.55. The van der Waals surface area contributed by atoms with Gasteiger partial charge in [0, 0.05) is 18.2 Å². The van der Waals surface area contributed by atoms with E-state index in [1.807, 2.05) is 19.2 Å². The monoisotopic (exact) mass is 279 g/mol. The largest absolute Gasteiger partial charge is 0.493 e. The molecule has 0 unspecified atom stereocenters. The second-order valence-corrected chi connectivity index (χ2v) is 5.11. The smallest absolute Gasteiger partial charge is 0.231 e. The average molecular weight is 279 g/mol. The van der Waals surface area contributed by atoms with E-state index < -0.39 is 0 Å². The first-order valence-corrected chi connectivity index (χ1v) is 7.55. The maximum Gasteiger partial charge on any atom is 0.231 e. The first-order chi connectivity index (χ1) is 9.85. The summed E-state index contributed by atoms with van der Waals surface area (Å²) < 4.78 is 16.7. The number of benzene rings is 1. The van der Waals surface area contributed by atoms with Crippen LogP contribution in [-0.4, -0.2) is 20.4 Å². The maximum absolute atomic E-state index is 5.92. The molecule has 1 aliphatic heterocycles. The van der Waals surface area contributed by atoms with E-state index in [4.69, 9.17) is 14.2 Å². The molecule has 1 aromatic rings. The van der Waals surface area contributed by atoms with Gasteiger partial charge in [0.25, 0.3) is 0 Å². The van der Waals surface area contributed by atoms with Crippen molar-refractivity contribution in [3.05, 3.63) is 17.7 Å². The zero-order valence-electron chi connectivity index (χ0n) is 12.5. The molecular weight excluding hydrogens is 254 g/mol. The molecule has 1 N–H and O–H groups in total. The van der Waals surface area contributed by atoms with Crippen molar-refractivity contribution in [2.24, 2.45) is 0 Å². The minimum atomic E-state index is 0.300. The SMILES string of the molecule is CCCCCCCOc1cc2c(cc1CNC)OCO2. The van der Waals surface area contributed by atoms with Crippen LogP contribution in [0.3, 0.4) is 0 Å². The van der Waals surface area contributed by atoms with Crippen LogP contribution in [0.25, 0.3) is 0 Å². The molecule has 0 amide bonds. The normalized spacial score (nSPS) is 12.7. The van der Waals surface area contributed by atoms with Crippen molar-refractivity contribution in [1.82, 2.24) is 5.32 Å². The van der Waals surface area contributed by atoms with Crippen LogP contribution < -0.4 is 19.5 Å². The molecule has 0 spiro atoms. The number of hydrogen-bond donors (Lipinski definition) is 1. The third-order valence-corrected chi connectivity index (χ3v) is 3.43. The maximum atomic E-state index is 5.92. The van der Waals surface area contributed by atoms with Crippen molar-refractivity contribution in [1.29, 1.82) is 0 Å². The van der Waals surface area contributed by atoms with Gasteiger partial charge >= 0.3 is 0 Å². The lowest BCUT2D eigenvalue weighted by Crippen LogP contribution is -2.08. The average Bonchev–Trinajstić information content (AvgIpc) is 2.90. The van der Waals surface area contributed by atoms with Gasteiger partial charge in [-0.3, -0.25) is 0 Å². The van der Waals surface area contributed by atoms with Gasteiger partial charge in [-0.1, -0.05) is 32.6 Å². The van der Waals surface area contributed by atoms with Gasteiger partial charge in [0.1, 0.15) is 5.75 Å². The summed E-state index contributed by atoms with van der Waals surface area (Å²) in [5, 5.41) is 3.16. The molecule has 0 aliphatic carbocycles. The number of rotatable bonds is 9. The molecule has 2 rings (SSSR count). The third kappa shape index (κ3) is 4.04. The Balaban J connectivity index is 1.89. The molecular formula is C16H25NO3. The summed E-state index contributed by atoms with van der Waals surface area (Å²) in [6, 6.07) is 3.95. The fraction of sp³-hybridized carbons (Fsp3) is 0.625. The summed E-state index contributed by atoms with van der Waals surface area (Å²) in [5.41, 5.74) is 1.12. The van der Waals surface area contributed by atoms with Crippen molar-refractivity contribution < 1.29 is 14.2 Å². The quantitative estimate of drug-likeness (QED) is 0.702. The van der Waals surface area contributed by atoms with Gasteiger partial charge in [-0.2, -0.15) is 0 Å². The Hall–Kier alpha value is -1.42. The van der Waals surface area contributed by atoms with Crippen molar-refractivity contribution in [2.75, 3.05) is 20.4 Å². The summed E-state index contributed by atoms with van der Waals surface area (Å²) >= 11 is 0. The van der Waals surface area contributed by atoms with Crippen LogP contribution in [0.4, 0.5) is 0 Å². The second kappa shape index (κ2) is 8.00. The molecule has 1 aliphatic rings. The molecule has 1 heterocycles. The first kappa shape index (κ1) is 15.0. The molecule has 0 bridgehead atoms. The number of fused-ring (bicyclic) bond motifs is 1. The van der Waals surface area contributed by atoms with Crippen molar-refractivity contribution in [3.8, 4) is 17.2 Å². The Morgan fingerprint density at radius 3 is 2.60 bits per heavy atom. The van der Waals surface area contributed by atoms with E-state index in [0.717, 1.165) is 42.4 Å². The minimum Gasteiger partial charge on any atom is -0.493 e. The fourth-order valence-electron chi connectivity index (χ4n) is 2.32. The predicted molar refractivity (Wildman–Crippen MR) is 79.6 cm³/mol. The van der Waals surface area contributed by atoms with Gasteiger partial charge in [-0.25, -0.2) is 0 Å². The lowest BCUT2D eigenvalue weighted by molar-refractivity contribution is 0.173. The van der Waals surface area contributed by atoms with Crippen LogP contribution in [0, 0.1) is 0 Å². The molecule has 0 fully saturated rings. The van der Waals surface area contributed by atoms with Crippen LogP contribution >= 0.6 is 0 Å². The fourth-order valence-corrected chi connectivity index (χ4v) is 2.32. The van der Waals surface area contributed by atoms with Crippen LogP contribution in [0.2, 0.25) is 0 Å². The van der Waals surface area contributed by atoms with E-state index in [0.29, 0.717) is 6.79 Å². The van der Waals surface area contributed by atoms with E-state index in [1.165, 1.54) is 25.7 Å². The molecule has 0 saturated heterocycles. The Labute approximate surface area is 121 Å². The number of ether oxygens (including phenoxy) is 3. The topological polar surface area (TPSA) is 39.7 Å². The zero-order chi connectivity index (χ0) is 14.2. The van der Waals surface area contributed by atoms with Gasteiger partial charge in [0.2, 0.25) is 6.79 Å². The molecule has 4 nitrogen and oxygen atoms in total. The highest BCUT2D eigenvalue weighted by Crippen LogP contribution is 2.38.